The molecule has 0 saturated heterocycles. The van der Waals surface area contributed by atoms with Crippen molar-refractivity contribution in [1.29, 1.82) is 0 Å². The molecule has 0 aliphatic carbocycles. The van der Waals surface area contributed by atoms with Gasteiger partial charge in [-0.1, -0.05) is 455 Å². The molecule has 0 aliphatic heterocycles. The number of hydrogen-bond donors (Lipinski definition) is 0. The largest absolute Gasteiger partial charge is 0.316 e. The monoisotopic (exact) mass is 1750 g/mol. The lowest BCUT2D eigenvalue weighted by atomic mass is 9.90. The summed E-state index contributed by atoms with van der Waals surface area (Å²) in [6.07, 6.45) is 4.69. The lowest BCUT2D eigenvalue weighted by Crippen LogP contribution is -1.95. The van der Waals surface area contributed by atoms with Crippen molar-refractivity contribution >= 4 is 119 Å². The van der Waals surface area contributed by atoms with Crippen molar-refractivity contribution in [2.45, 2.75) is 0 Å². The van der Waals surface area contributed by atoms with E-state index in [1.54, 1.807) is 0 Å². The van der Waals surface area contributed by atoms with E-state index in [0.717, 1.165) is 11.4 Å². The molecular weight excluding hydrogens is 1660 g/mol. The number of fused-ring (bicyclic) bond motifs is 15. The van der Waals surface area contributed by atoms with Gasteiger partial charge in [0.1, 0.15) is 0 Å². The van der Waals surface area contributed by atoms with Crippen molar-refractivity contribution in [3.05, 3.63) is 534 Å². The molecule has 642 valence electrons. The summed E-state index contributed by atoms with van der Waals surface area (Å²) >= 11 is 0. The number of hydrogen-bond acceptors (Lipinski definition) is 0. The Kier molecular flexibility index (Phi) is 20.0. The molecule has 0 fully saturated rings. The highest BCUT2D eigenvalue weighted by Crippen LogP contribution is 2.47. The Morgan fingerprint density at radius 3 is 0.674 bits per heavy atom. The third-order valence-electron chi connectivity index (χ3n) is 28.7. The topological polar surface area (TPSA) is 9.86 Å². The van der Waals surface area contributed by atoms with Gasteiger partial charge in [-0.25, -0.2) is 0 Å². The van der Waals surface area contributed by atoms with Crippen LogP contribution in [0, 0.1) is 0 Å². The number of aromatic nitrogens is 2. The van der Waals surface area contributed by atoms with Crippen LogP contribution in [0.1, 0.15) is 0 Å². The molecule has 0 unspecified atom stereocenters. The van der Waals surface area contributed by atoms with E-state index in [0.29, 0.717) is 0 Å². The average Bonchev–Trinajstić information content (AvgIpc) is 1.59. The van der Waals surface area contributed by atoms with E-state index in [4.69, 9.17) is 0 Å². The SMILES string of the molecule is c1ccc(-c2ccc(-c3ccc(-c4ccc5c(c4)c(-c4ccc(-c6ccc(-c7ccccc7)cc6)cc4)cn5-c4ccc(-c5cc6ccccc6c6ccccc56)c5ccccc45)cc3)cc2)cc1.c1ccc2c(c1)cc(-c1ccc(-c3ccc4c(c3)c(-c3ccc(-c5cc6ccccc6c6ccccc56)cc3)cn4-c3ccc(-c4cc5ccccc5c5ccccc45)cc3)cc1)c1ccccc12. The van der Waals surface area contributed by atoms with Crippen LogP contribution in [0.15, 0.2) is 534 Å². The molecule has 0 spiro atoms. The fraction of sp³-hybridized carbons (Fsp3) is 0. The van der Waals surface area contributed by atoms with E-state index in [1.165, 1.54) is 252 Å². The van der Waals surface area contributed by atoms with Crippen LogP contribution in [0.4, 0.5) is 0 Å². The highest BCUT2D eigenvalue weighted by atomic mass is 15.0. The molecule has 0 atom stereocenters. The maximum absolute atomic E-state index is 2.41. The molecule has 0 radical (unpaired) electrons. The first-order chi connectivity index (χ1) is 68.4. The highest BCUT2D eigenvalue weighted by Gasteiger charge is 2.23. The van der Waals surface area contributed by atoms with Gasteiger partial charge in [-0.3, -0.25) is 0 Å². The molecule has 0 aliphatic rings. The van der Waals surface area contributed by atoms with Crippen LogP contribution in [0.3, 0.4) is 0 Å². The minimum absolute atomic E-state index is 1.12. The number of benzene rings is 25. The van der Waals surface area contributed by atoms with Crippen LogP contribution in [-0.4, -0.2) is 9.13 Å². The Labute approximate surface area is 801 Å². The van der Waals surface area contributed by atoms with Gasteiger partial charge in [0.2, 0.25) is 0 Å². The second-order valence-electron chi connectivity index (χ2n) is 36.5. The zero-order chi connectivity index (χ0) is 91.1. The zero-order valence-electron chi connectivity index (χ0n) is 75.7. The van der Waals surface area contributed by atoms with E-state index in [1.807, 2.05) is 0 Å². The quantitative estimate of drug-likeness (QED) is 0.0961. The minimum atomic E-state index is 1.12. The Bertz CT molecular complexity index is 9420. The lowest BCUT2D eigenvalue weighted by Gasteiger charge is -2.16. The van der Waals surface area contributed by atoms with Crippen LogP contribution >= 0.6 is 0 Å². The first-order valence-electron chi connectivity index (χ1n) is 47.7. The molecule has 0 saturated carbocycles. The Hall–Kier alpha value is -18.1. The normalized spacial score (nSPS) is 11.6. The summed E-state index contributed by atoms with van der Waals surface area (Å²) in [6, 6.07) is 192. The second kappa shape index (κ2) is 34.2. The van der Waals surface area contributed by atoms with Crippen LogP contribution in [-0.2, 0) is 0 Å². The van der Waals surface area contributed by atoms with Crippen LogP contribution in [0.5, 0.6) is 0 Å². The fourth-order valence-electron chi connectivity index (χ4n) is 21.7. The summed E-state index contributed by atoms with van der Waals surface area (Å²) in [7, 11) is 0. The van der Waals surface area contributed by atoms with Gasteiger partial charge in [0.15, 0.2) is 0 Å². The standard InChI is InChI=1S/C68H43N.C68H45N/c1-4-16-54-50(13-1)40-63(60-22-10-7-19-57(54)60)45-27-25-44(26-28-45)49-35-38-68-66(39-49)67(48-31-29-46(30-32-48)64-41-51-14-2-5-17-55(51)58-20-8-11-23-61(58)64)43-69(68)53-36-33-47(34-37-53)65-42-52-15-3-6-18-56(52)59-21-9-12-24-62(59)65;1-3-13-46(14-4-1)48-23-27-50(28-24-48)52-31-33-54(34-32-52)56-39-41-68-65(43-56)66(55-37-35-53(36-38-55)51-29-25-49(26-30-51)47-15-5-2-6-16-47)45-69(68)67-42-40-62(60-20-11-12-22-63(60)67)64-44-57-17-7-8-18-58(57)59-19-9-10-21-61(59)64/h1-43H;1-45H. The molecule has 2 aromatic heterocycles. The van der Waals surface area contributed by atoms with Crippen LogP contribution in [0.25, 0.3) is 264 Å². The molecule has 138 heavy (non-hydrogen) atoms. The van der Waals surface area contributed by atoms with Crippen molar-refractivity contribution in [2.24, 2.45) is 0 Å². The van der Waals surface area contributed by atoms with E-state index >= 15 is 0 Å². The Morgan fingerprint density at radius 1 is 0.109 bits per heavy atom. The molecule has 27 rings (SSSR count). The van der Waals surface area contributed by atoms with Crippen LogP contribution < -0.4 is 0 Å². The molecule has 0 amide bonds. The third kappa shape index (κ3) is 14.5. The summed E-state index contributed by atoms with van der Waals surface area (Å²) in [5.74, 6) is 0. The molecule has 2 heteroatoms. The van der Waals surface area contributed by atoms with E-state index in [9.17, 15) is 0 Å². The lowest BCUT2D eigenvalue weighted by molar-refractivity contribution is 1.13. The van der Waals surface area contributed by atoms with E-state index < -0.39 is 0 Å². The van der Waals surface area contributed by atoms with Gasteiger partial charge in [-0.05, 0) is 281 Å². The summed E-state index contributed by atoms with van der Waals surface area (Å²) in [6.45, 7) is 0. The van der Waals surface area contributed by atoms with Crippen molar-refractivity contribution in [2.75, 3.05) is 0 Å². The summed E-state index contributed by atoms with van der Waals surface area (Å²) in [5.41, 5.74) is 33.7. The Balaban J connectivity index is 0.000000143. The van der Waals surface area contributed by atoms with Gasteiger partial charge in [-0.15, -0.1) is 0 Å². The molecule has 0 N–H and O–H groups in total. The van der Waals surface area contributed by atoms with Crippen molar-refractivity contribution in [1.82, 2.24) is 9.13 Å². The van der Waals surface area contributed by atoms with Gasteiger partial charge < -0.3 is 9.13 Å². The summed E-state index contributed by atoms with van der Waals surface area (Å²) in [4.78, 5) is 0. The molecule has 0 bridgehead atoms. The molecule has 27 aromatic rings. The molecular formula is C136H88N2. The summed E-state index contributed by atoms with van der Waals surface area (Å²) in [5, 5.41) is 25.2. The number of nitrogens with zero attached hydrogens (tertiary/aromatic N) is 2. The zero-order valence-corrected chi connectivity index (χ0v) is 75.7. The van der Waals surface area contributed by atoms with Crippen LogP contribution in [0.2, 0.25) is 0 Å². The van der Waals surface area contributed by atoms with Crippen molar-refractivity contribution in [3.63, 3.8) is 0 Å². The van der Waals surface area contributed by atoms with E-state index in [-0.39, 0.29) is 0 Å². The smallest absolute Gasteiger partial charge is 0.0535 e. The predicted octanol–water partition coefficient (Wildman–Crippen LogP) is 37.6. The van der Waals surface area contributed by atoms with Gasteiger partial charge in [0.05, 0.1) is 16.7 Å². The Morgan fingerprint density at radius 2 is 0.333 bits per heavy atom. The average molecular weight is 1750 g/mol. The first-order valence-corrected chi connectivity index (χ1v) is 47.7. The van der Waals surface area contributed by atoms with Crippen molar-refractivity contribution in [3.8, 4) is 145 Å². The second-order valence-corrected chi connectivity index (χ2v) is 36.5. The predicted molar refractivity (Wildman–Crippen MR) is 589 cm³/mol. The maximum Gasteiger partial charge on any atom is 0.0535 e. The molecule has 2 heterocycles. The highest BCUT2D eigenvalue weighted by molar-refractivity contribution is 6.20. The van der Waals surface area contributed by atoms with Gasteiger partial charge in [0, 0.05) is 45.4 Å². The van der Waals surface area contributed by atoms with E-state index in [2.05, 4.69) is 543 Å². The van der Waals surface area contributed by atoms with Gasteiger partial charge in [0.25, 0.3) is 0 Å². The third-order valence-corrected chi connectivity index (χ3v) is 28.7. The number of rotatable bonds is 14. The minimum Gasteiger partial charge on any atom is -0.316 e. The first kappa shape index (κ1) is 80.8. The molecule has 2 nitrogen and oxygen atoms in total. The molecule has 25 aromatic carbocycles. The van der Waals surface area contributed by atoms with Crippen molar-refractivity contribution < 1.29 is 0 Å². The summed E-state index contributed by atoms with van der Waals surface area (Å²) < 4.78 is 4.78. The van der Waals surface area contributed by atoms with Gasteiger partial charge in [-0.2, -0.15) is 0 Å². The fourth-order valence-corrected chi connectivity index (χ4v) is 21.7. The van der Waals surface area contributed by atoms with Gasteiger partial charge >= 0.3 is 0 Å². The maximum atomic E-state index is 2.41.